The van der Waals surface area contributed by atoms with Gasteiger partial charge in [-0.15, -0.1) is 0 Å². The van der Waals surface area contributed by atoms with Crippen molar-refractivity contribution in [3.05, 3.63) is 48.0 Å². The van der Waals surface area contributed by atoms with Crippen molar-refractivity contribution >= 4 is 11.7 Å². The maximum absolute atomic E-state index is 12.8. The molecule has 0 aromatic heterocycles. The second-order valence-electron chi connectivity index (χ2n) is 8.25. The van der Waals surface area contributed by atoms with E-state index in [1.54, 1.807) is 44.4 Å². The van der Waals surface area contributed by atoms with E-state index in [4.69, 9.17) is 14.2 Å². The summed E-state index contributed by atoms with van der Waals surface area (Å²) < 4.78 is 16.1. The topological polar surface area (TPSA) is 63.3 Å². The molecule has 1 aliphatic heterocycles. The molecule has 174 valence electrons. The van der Waals surface area contributed by atoms with Crippen LogP contribution >= 0.6 is 0 Å². The largest absolute Gasteiger partial charge is 0.497 e. The summed E-state index contributed by atoms with van der Waals surface area (Å²) in [5, 5.41) is 2.95. The average molecular weight is 442 g/mol. The van der Waals surface area contributed by atoms with Gasteiger partial charge < -0.3 is 29.3 Å². The Labute approximate surface area is 191 Å². The lowest BCUT2D eigenvalue weighted by Gasteiger charge is -2.34. The molecule has 2 amide bonds. The third-order valence-corrected chi connectivity index (χ3v) is 6.02. The molecule has 2 aromatic carbocycles. The molecule has 1 aliphatic rings. The van der Waals surface area contributed by atoms with Crippen molar-refractivity contribution in [2.24, 2.45) is 5.92 Å². The van der Waals surface area contributed by atoms with E-state index in [0.29, 0.717) is 29.6 Å². The van der Waals surface area contributed by atoms with E-state index in [1.807, 2.05) is 19.2 Å². The van der Waals surface area contributed by atoms with Gasteiger partial charge in [0, 0.05) is 32.7 Å². The van der Waals surface area contributed by atoms with Gasteiger partial charge in [0.25, 0.3) is 0 Å². The lowest BCUT2D eigenvalue weighted by molar-refractivity contribution is 0.150. The molecule has 0 saturated carbocycles. The summed E-state index contributed by atoms with van der Waals surface area (Å²) in [6, 6.07) is 13.4. The number of methoxy groups -OCH3 is 3. The number of nitrogens with zero attached hydrogens (tertiary/aromatic N) is 2. The van der Waals surface area contributed by atoms with Crippen LogP contribution in [-0.4, -0.2) is 70.4 Å². The molecule has 2 aromatic rings. The van der Waals surface area contributed by atoms with Gasteiger partial charge in [0.1, 0.15) is 17.2 Å². The number of likely N-dealkylation sites (tertiary alicyclic amines) is 1. The fourth-order valence-electron chi connectivity index (χ4n) is 4.28. The molecule has 32 heavy (non-hydrogen) atoms. The first-order chi connectivity index (χ1) is 15.5. The van der Waals surface area contributed by atoms with Crippen molar-refractivity contribution in [1.82, 2.24) is 9.80 Å². The Morgan fingerprint density at radius 2 is 1.88 bits per heavy atom. The van der Waals surface area contributed by atoms with Crippen molar-refractivity contribution in [3.8, 4) is 17.2 Å². The summed E-state index contributed by atoms with van der Waals surface area (Å²) in [6.07, 6.45) is 3.24. The highest BCUT2D eigenvalue weighted by atomic mass is 16.5. The SMILES string of the molecule is COc1ccc(OC)c(NC(=O)N(C)C[C@@H]2CCCN(CCc3ccccc3OC)C2)c1. The number of rotatable bonds is 9. The van der Waals surface area contributed by atoms with Gasteiger partial charge in [0.05, 0.1) is 27.0 Å². The third kappa shape index (κ3) is 6.29. The van der Waals surface area contributed by atoms with Crippen molar-refractivity contribution in [2.75, 3.05) is 59.9 Å². The number of benzene rings is 2. The fraction of sp³-hybridized carbons (Fsp3) is 0.480. The number of urea groups is 1. The number of carbonyl (C=O) groups is 1. The van der Waals surface area contributed by atoms with Crippen LogP contribution in [0.2, 0.25) is 0 Å². The number of hydrogen-bond acceptors (Lipinski definition) is 5. The Balaban J connectivity index is 1.52. The van der Waals surface area contributed by atoms with Crippen molar-refractivity contribution in [2.45, 2.75) is 19.3 Å². The molecule has 0 bridgehead atoms. The molecule has 1 saturated heterocycles. The third-order valence-electron chi connectivity index (χ3n) is 6.02. The zero-order chi connectivity index (χ0) is 22.9. The highest BCUT2D eigenvalue weighted by molar-refractivity contribution is 5.91. The van der Waals surface area contributed by atoms with E-state index in [9.17, 15) is 4.79 Å². The van der Waals surface area contributed by atoms with Crippen molar-refractivity contribution < 1.29 is 19.0 Å². The van der Waals surface area contributed by atoms with Crippen LogP contribution in [-0.2, 0) is 6.42 Å². The van der Waals surface area contributed by atoms with Gasteiger partial charge in [-0.3, -0.25) is 0 Å². The molecule has 1 fully saturated rings. The molecular weight excluding hydrogens is 406 g/mol. The standard InChI is InChI=1S/C25H35N3O4/c1-27(25(29)26-22-16-21(30-2)11-12-24(22)32-4)17-19-8-7-14-28(18-19)15-13-20-9-5-6-10-23(20)31-3/h5-6,9-12,16,19H,7-8,13-15,17-18H2,1-4H3,(H,26,29)/t19-/m0/s1. The van der Waals surface area contributed by atoms with Crippen LogP contribution in [0.1, 0.15) is 18.4 Å². The average Bonchev–Trinajstić information content (AvgIpc) is 2.83. The second-order valence-corrected chi connectivity index (χ2v) is 8.25. The van der Waals surface area contributed by atoms with E-state index in [-0.39, 0.29) is 6.03 Å². The lowest BCUT2D eigenvalue weighted by Crippen LogP contribution is -2.43. The number of anilines is 1. The van der Waals surface area contributed by atoms with Gasteiger partial charge in [-0.1, -0.05) is 18.2 Å². The smallest absolute Gasteiger partial charge is 0.321 e. The number of nitrogens with one attached hydrogen (secondary N) is 1. The number of hydrogen-bond donors (Lipinski definition) is 1. The van der Waals surface area contributed by atoms with Gasteiger partial charge in [0.15, 0.2) is 0 Å². The first kappa shape index (κ1) is 23.7. The van der Waals surface area contributed by atoms with Crippen LogP contribution in [0.4, 0.5) is 10.5 Å². The van der Waals surface area contributed by atoms with Crippen LogP contribution in [0, 0.1) is 5.92 Å². The summed E-state index contributed by atoms with van der Waals surface area (Å²) in [5.41, 5.74) is 1.84. The zero-order valence-electron chi connectivity index (χ0n) is 19.6. The summed E-state index contributed by atoms with van der Waals surface area (Å²) in [5.74, 6) is 2.67. The molecule has 7 heteroatoms. The normalized spacial score (nSPS) is 16.3. The number of ether oxygens (including phenoxy) is 3. The van der Waals surface area contributed by atoms with Crippen LogP contribution in [0.25, 0.3) is 0 Å². The molecule has 3 rings (SSSR count). The van der Waals surface area contributed by atoms with Gasteiger partial charge in [-0.2, -0.15) is 0 Å². The molecule has 0 spiro atoms. The summed E-state index contributed by atoms with van der Waals surface area (Å²) >= 11 is 0. The van der Waals surface area contributed by atoms with Crippen LogP contribution in [0.3, 0.4) is 0 Å². The monoisotopic (exact) mass is 441 g/mol. The highest BCUT2D eigenvalue weighted by Gasteiger charge is 2.23. The maximum atomic E-state index is 12.8. The second kappa shape index (κ2) is 11.6. The molecular formula is C25H35N3O4. The number of piperidine rings is 1. The maximum Gasteiger partial charge on any atom is 0.321 e. The minimum atomic E-state index is -0.150. The number of amides is 2. The molecule has 0 aliphatic carbocycles. The predicted molar refractivity (Wildman–Crippen MR) is 127 cm³/mol. The van der Waals surface area contributed by atoms with Gasteiger partial charge in [-0.25, -0.2) is 4.79 Å². The Morgan fingerprint density at radius 1 is 1.09 bits per heavy atom. The van der Waals surface area contributed by atoms with E-state index in [0.717, 1.165) is 44.6 Å². The van der Waals surface area contributed by atoms with Crippen molar-refractivity contribution in [3.63, 3.8) is 0 Å². The van der Waals surface area contributed by atoms with Crippen molar-refractivity contribution in [1.29, 1.82) is 0 Å². The molecule has 1 N–H and O–H groups in total. The number of carbonyl (C=O) groups excluding carboxylic acids is 1. The summed E-state index contributed by atoms with van der Waals surface area (Å²) in [4.78, 5) is 17.1. The molecule has 7 nitrogen and oxygen atoms in total. The zero-order valence-corrected chi connectivity index (χ0v) is 19.6. The molecule has 0 unspecified atom stereocenters. The van der Waals surface area contributed by atoms with Crippen LogP contribution in [0.15, 0.2) is 42.5 Å². The fourth-order valence-corrected chi connectivity index (χ4v) is 4.28. The minimum absolute atomic E-state index is 0.150. The first-order valence-corrected chi connectivity index (χ1v) is 11.1. The Hall–Kier alpha value is -2.93. The van der Waals surface area contributed by atoms with E-state index in [1.165, 1.54) is 5.56 Å². The predicted octanol–water partition coefficient (Wildman–Crippen LogP) is 4.13. The summed E-state index contributed by atoms with van der Waals surface area (Å²) in [6.45, 7) is 3.80. The summed E-state index contributed by atoms with van der Waals surface area (Å²) in [7, 11) is 6.75. The molecule has 0 radical (unpaired) electrons. The molecule has 1 heterocycles. The molecule has 1 atom stereocenters. The van der Waals surface area contributed by atoms with E-state index >= 15 is 0 Å². The van der Waals surface area contributed by atoms with Crippen LogP contribution < -0.4 is 19.5 Å². The van der Waals surface area contributed by atoms with Gasteiger partial charge in [0.2, 0.25) is 0 Å². The highest BCUT2D eigenvalue weighted by Crippen LogP contribution is 2.29. The Bertz CT molecular complexity index is 889. The van der Waals surface area contributed by atoms with Gasteiger partial charge >= 0.3 is 6.03 Å². The number of para-hydroxylation sites is 1. The van der Waals surface area contributed by atoms with E-state index < -0.39 is 0 Å². The quantitative estimate of drug-likeness (QED) is 0.634. The Kier molecular flexibility index (Phi) is 8.62. The first-order valence-electron chi connectivity index (χ1n) is 11.1. The minimum Gasteiger partial charge on any atom is -0.497 e. The van der Waals surface area contributed by atoms with E-state index in [2.05, 4.69) is 22.3 Å². The van der Waals surface area contributed by atoms with Crippen LogP contribution in [0.5, 0.6) is 17.2 Å². The van der Waals surface area contributed by atoms with Gasteiger partial charge in [-0.05, 0) is 55.5 Å². The lowest BCUT2D eigenvalue weighted by atomic mass is 9.97. The Morgan fingerprint density at radius 3 is 2.62 bits per heavy atom.